The van der Waals surface area contributed by atoms with E-state index in [1.54, 1.807) is 0 Å². The first kappa shape index (κ1) is 12.2. The standard InChI is InChI=1S/C10H8Cl4/c11-8(9(12)10(13)14)6-7-4-2-1-3-5-7/h1-5,8H,6H2. The fourth-order valence-corrected chi connectivity index (χ4v) is 1.77. The van der Waals surface area contributed by atoms with Crippen molar-refractivity contribution in [3.05, 3.63) is 45.4 Å². The Hall–Kier alpha value is 0.120. The van der Waals surface area contributed by atoms with Crippen molar-refractivity contribution in [2.45, 2.75) is 11.8 Å². The predicted octanol–water partition coefficient (Wildman–Crippen LogP) is 4.72. The molecule has 14 heavy (non-hydrogen) atoms. The molecule has 0 nitrogen and oxygen atoms in total. The van der Waals surface area contributed by atoms with E-state index in [-0.39, 0.29) is 9.87 Å². The second-order valence-electron chi connectivity index (χ2n) is 2.77. The number of rotatable bonds is 3. The molecule has 0 radical (unpaired) electrons. The summed E-state index contributed by atoms with van der Waals surface area (Å²) in [7, 11) is 0. The lowest BCUT2D eigenvalue weighted by Crippen LogP contribution is -2.03. The Morgan fingerprint density at radius 1 is 1.07 bits per heavy atom. The molecule has 1 aromatic carbocycles. The van der Waals surface area contributed by atoms with Gasteiger partial charge in [0.1, 0.15) is 4.49 Å². The minimum Gasteiger partial charge on any atom is -0.116 e. The van der Waals surface area contributed by atoms with E-state index in [1.165, 1.54) is 0 Å². The highest BCUT2D eigenvalue weighted by molar-refractivity contribution is 6.60. The van der Waals surface area contributed by atoms with Crippen molar-refractivity contribution in [2.24, 2.45) is 0 Å². The molecule has 0 saturated carbocycles. The average molecular weight is 270 g/mol. The lowest BCUT2D eigenvalue weighted by molar-refractivity contribution is 0.994. The van der Waals surface area contributed by atoms with Gasteiger partial charge in [0.2, 0.25) is 0 Å². The summed E-state index contributed by atoms with van der Waals surface area (Å²) < 4.78 is 0.0302. The molecule has 0 spiro atoms. The molecular formula is C10H8Cl4. The molecule has 1 unspecified atom stereocenters. The maximum Gasteiger partial charge on any atom is 0.122 e. The second kappa shape index (κ2) is 5.87. The third-order valence-electron chi connectivity index (χ3n) is 1.71. The fourth-order valence-electron chi connectivity index (χ4n) is 1.03. The molecule has 0 N–H and O–H groups in total. The first-order chi connectivity index (χ1) is 6.61. The first-order valence-electron chi connectivity index (χ1n) is 4.00. The number of alkyl halides is 1. The van der Waals surface area contributed by atoms with Gasteiger partial charge in [0, 0.05) is 0 Å². The maximum atomic E-state index is 6.00. The zero-order chi connectivity index (χ0) is 10.6. The van der Waals surface area contributed by atoms with E-state index in [0.717, 1.165) is 5.56 Å². The van der Waals surface area contributed by atoms with Crippen LogP contribution < -0.4 is 0 Å². The van der Waals surface area contributed by atoms with Crippen LogP contribution >= 0.6 is 46.4 Å². The van der Waals surface area contributed by atoms with E-state index in [9.17, 15) is 0 Å². The zero-order valence-corrected chi connectivity index (χ0v) is 10.2. The highest BCUT2D eigenvalue weighted by atomic mass is 35.5. The summed E-state index contributed by atoms with van der Waals surface area (Å²) in [6.07, 6.45) is 0.615. The number of hydrogen-bond acceptors (Lipinski definition) is 0. The summed E-state index contributed by atoms with van der Waals surface area (Å²) in [6.45, 7) is 0. The van der Waals surface area contributed by atoms with Gasteiger partial charge in [-0.15, -0.1) is 11.6 Å². The molecule has 1 rings (SSSR count). The van der Waals surface area contributed by atoms with Crippen LogP contribution in [-0.2, 0) is 6.42 Å². The number of allylic oxidation sites excluding steroid dienone is 1. The van der Waals surface area contributed by atoms with Gasteiger partial charge in [0.25, 0.3) is 0 Å². The second-order valence-corrected chi connectivity index (χ2v) is 4.65. The molecule has 0 bridgehead atoms. The predicted molar refractivity (Wildman–Crippen MR) is 64.4 cm³/mol. The van der Waals surface area contributed by atoms with Crippen molar-refractivity contribution in [1.82, 2.24) is 0 Å². The van der Waals surface area contributed by atoms with Gasteiger partial charge in [-0.1, -0.05) is 65.1 Å². The molecule has 0 aliphatic heterocycles. The minimum atomic E-state index is -0.371. The van der Waals surface area contributed by atoms with E-state index in [4.69, 9.17) is 46.4 Å². The van der Waals surface area contributed by atoms with Gasteiger partial charge in [0.05, 0.1) is 10.4 Å². The van der Waals surface area contributed by atoms with Crippen molar-refractivity contribution >= 4 is 46.4 Å². The Labute approximate surface area is 103 Å². The highest BCUT2D eigenvalue weighted by Gasteiger charge is 2.12. The van der Waals surface area contributed by atoms with E-state index in [0.29, 0.717) is 11.5 Å². The monoisotopic (exact) mass is 268 g/mol. The molecular weight excluding hydrogens is 262 g/mol. The van der Waals surface area contributed by atoms with Crippen molar-refractivity contribution in [3.63, 3.8) is 0 Å². The molecule has 0 amide bonds. The Kier molecular flexibility index (Phi) is 5.11. The van der Waals surface area contributed by atoms with Gasteiger partial charge in [-0.25, -0.2) is 0 Å². The third kappa shape index (κ3) is 3.70. The zero-order valence-electron chi connectivity index (χ0n) is 7.18. The van der Waals surface area contributed by atoms with Gasteiger partial charge >= 0.3 is 0 Å². The van der Waals surface area contributed by atoms with Crippen LogP contribution in [0.1, 0.15) is 5.56 Å². The molecule has 76 valence electrons. The van der Waals surface area contributed by atoms with Crippen LogP contribution in [0.3, 0.4) is 0 Å². The minimum absolute atomic E-state index is 0.0302. The summed E-state index contributed by atoms with van der Waals surface area (Å²) in [6, 6.07) is 9.78. The molecule has 0 saturated heterocycles. The van der Waals surface area contributed by atoms with Crippen LogP contribution in [0.25, 0.3) is 0 Å². The summed E-state index contributed by atoms with van der Waals surface area (Å²) >= 11 is 22.8. The van der Waals surface area contributed by atoms with Crippen LogP contribution in [-0.4, -0.2) is 5.38 Å². The summed E-state index contributed by atoms with van der Waals surface area (Å²) in [5.41, 5.74) is 1.10. The summed E-state index contributed by atoms with van der Waals surface area (Å²) in [5, 5.41) is -0.0806. The summed E-state index contributed by atoms with van der Waals surface area (Å²) in [5.74, 6) is 0. The van der Waals surface area contributed by atoms with Crippen LogP contribution in [0.2, 0.25) is 0 Å². The van der Waals surface area contributed by atoms with Crippen molar-refractivity contribution in [1.29, 1.82) is 0 Å². The van der Waals surface area contributed by atoms with E-state index in [1.807, 2.05) is 30.3 Å². The third-order valence-corrected chi connectivity index (χ3v) is 3.25. The molecule has 1 atom stereocenters. The van der Waals surface area contributed by atoms with Crippen molar-refractivity contribution in [3.8, 4) is 0 Å². The Morgan fingerprint density at radius 3 is 2.14 bits per heavy atom. The van der Waals surface area contributed by atoms with E-state index in [2.05, 4.69) is 0 Å². The molecule has 4 heteroatoms. The molecule has 0 aromatic heterocycles. The molecule has 0 heterocycles. The molecule has 0 aliphatic rings. The first-order valence-corrected chi connectivity index (χ1v) is 5.57. The SMILES string of the molecule is ClC(Cl)=C(Cl)C(Cl)Cc1ccccc1. The van der Waals surface area contributed by atoms with Crippen LogP contribution in [0.5, 0.6) is 0 Å². The smallest absolute Gasteiger partial charge is 0.116 e. The normalized spacial score (nSPS) is 12.3. The van der Waals surface area contributed by atoms with Gasteiger partial charge in [-0.05, 0) is 12.0 Å². The van der Waals surface area contributed by atoms with Crippen LogP contribution in [0.4, 0.5) is 0 Å². The fraction of sp³-hybridized carbons (Fsp3) is 0.200. The highest BCUT2D eigenvalue weighted by Crippen LogP contribution is 2.26. The van der Waals surface area contributed by atoms with Gasteiger partial charge in [-0.2, -0.15) is 0 Å². The lowest BCUT2D eigenvalue weighted by atomic mass is 10.1. The quantitative estimate of drug-likeness (QED) is 0.697. The summed E-state index contributed by atoms with van der Waals surface area (Å²) in [4.78, 5) is 0. The maximum absolute atomic E-state index is 6.00. The van der Waals surface area contributed by atoms with E-state index >= 15 is 0 Å². The van der Waals surface area contributed by atoms with Crippen LogP contribution in [0.15, 0.2) is 39.9 Å². The Morgan fingerprint density at radius 2 is 1.64 bits per heavy atom. The van der Waals surface area contributed by atoms with Crippen LogP contribution in [0, 0.1) is 0 Å². The van der Waals surface area contributed by atoms with Crippen molar-refractivity contribution < 1.29 is 0 Å². The average Bonchev–Trinajstić information content (AvgIpc) is 2.18. The molecule has 1 aromatic rings. The Balaban J connectivity index is 2.67. The topological polar surface area (TPSA) is 0 Å². The Bertz CT molecular complexity index is 314. The number of benzene rings is 1. The number of hydrogen-bond donors (Lipinski definition) is 0. The lowest BCUT2D eigenvalue weighted by Gasteiger charge is -2.08. The van der Waals surface area contributed by atoms with E-state index < -0.39 is 0 Å². The van der Waals surface area contributed by atoms with Gasteiger partial charge in [-0.3, -0.25) is 0 Å². The van der Waals surface area contributed by atoms with Crippen molar-refractivity contribution in [2.75, 3.05) is 0 Å². The molecule has 0 aliphatic carbocycles. The van der Waals surface area contributed by atoms with Gasteiger partial charge in [0.15, 0.2) is 0 Å². The largest absolute Gasteiger partial charge is 0.122 e. The van der Waals surface area contributed by atoms with Gasteiger partial charge < -0.3 is 0 Å². The number of halogens is 4. The molecule has 0 fully saturated rings.